The van der Waals surface area contributed by atoms with E-state index in [9.17, 15) is 0 Å². The summed E-state index contributed by atoms with van der Waals surface area (Å²) < 4.78 is 8.46. The van der Waals surface area contributed by atoms with Crippen molar-refractivity contribution in [2.75, 3.05) is 7.05 Å². The smallest absolute Gasteiger partial charge is 0.134 e. The quantitative estimate of drug-likeness (QED) is 0.922. The summed E-state index contributed by atoms with van der Waals surface area (Å²) in [7, 11) is 3.82. The lowest BCUT2D eigenvalue weighted by atomic mass is 10.2. The maximum Gasteiger partial charge on any atom is 0.134 e. The van der Waals surface area contributed by atoms with Gasteiger partial charge in [0, 0.05) is 19.8 Å². The number of halogens is 1. The van der Waals surface area contributed by atoms with Crippen molar-refractivity contribution in [3.63, 3.8) is 0 Å². The highest BCUT2D eigenvalue weighted by atomic mass is 79.9. The minimum atomic E-state index is 0.477. The van der Waals surface area contributed by atoms with Gasteiger partial charge in [-0.1, -0.05) is 6.07 Å². The zero-order valence-corrected chi connectivity index (χ0v) is 12.1. The molecule has 0 saturated heterocycles. The molecule has 2 rings (SSSR count). The summed E-state index contributed by atoms with van der Waals surface area (Å²) >= 11 is 3.52. The number of benzene rings is 1. The van der Waals surface area contributed by atoms with Gasteiger partial charge in [0.1, 0.15) is 12.4 Å². The van der Waals surface area contributed by atoms with Crippen LogP contribution < -0.4 is 10.1 Å². The molecule has 5 heteroatoms. The largest absolute Gasteiger partial charge is 0.486 e. The van der Waals surface area contributed by atoms with Gasteiger partial charge >= 0.3 is 0 Å². The van der Waals surface area contributed by atoms with Gasteiger partial charge in [-0.2, -0.15) is 5.10 Å². The lowest BCUT2D eigenvalue weighted by molar-refractivity contribution is 0.298. The molecule has 0 aliphatic heterocycles. The number of nitrogens with one attached hydrogen (secondary N) is 1. The normalized spacial score (nSPS) is 10.6. The van der Waals surface area contributed by atoms with Crippen molar-refractivity contribution < 1.29 is 4.74 Å². The highest BCUT2D eigenvalue weighted by Gasteiger charge is 2.04. The first-order chi connectivity index (χ1) is 8.69. The van der Waals surface area contributed by atoms with E-state index in [4.69, 9.17) is 4.74 Å². The third-order valence-corrected chi connectivity index (χ3v) is 3.14. The van der Waals surface area contributed by atoms with Crippen LogP contribution in [0.3, 0.4) is 0 Å². The number of aromatic nitrogens is 2. The van der Waals surface area contributed by atoms with Crippen molar-refractivity contribution in [1.29, 1.82) is 0 Å². The van der Waals surface area contributed by atoms with E-state index in [1.807, 2.05) is 32.4 Å². The van der Waals surface area contributed by atoms with Crippen molar-refractivity contribution in [3.8, 4) is 5.75 Å². The summed E-state index contributed by atoms with van der Waals surface area (Å²) in [5.41, 5.74) is 2.14. The summed E-state index contributed by atoms with van der Waals surface area (Å²) in [6.45, 7) is 1.32. The molecule has 1 heterocycles. The predicted octanol–water partition coefficient (Wildman–Crippen LogP) is 2.48. The second-order valence-electron chi connectivity index (χ2n) is 4.06. The third kappa shape index (κ3) is 3.34. The Labute approximate surface area is 115 Å². The second kappa shape index (κ2) is 6.02. The van der Waals surface area contributed by atoms with E-state index >= 15 is 0 Å². The lowest BCUT2D eigenvalue weighted by Gasteiger charge is -2.08. The molecule has 96 valence electrons. The van der Waals surface area contributed by atoms with Crippen LogP contribution in [0.5, 0.6) is 5.75 Å². The first-order valence-electron chi connectivity index (χ1n) is 5.73. The Bertz CT molecular complexity index is 525. The monoisotopic (exact) mass is 309 g/mol. The van der Waals surface area contributed by atoms with E-state index in [0.29, 0.717) is 6.61 Å². The minimum Gasteiger partial charge on any atom is -0.486 e. The van der Waals surface area contributed by atoms with Crippen LogP contribution in [0.25, 0.3) is 0 Å². The number of hydrogen-bond donors (Lipinski definition) is 1. The van der Waals surface area contributed by atoms with Gasteiger partial charge in [0.2, 0.25) is 0 Å². The van der Waals surface area contributed by atoms with E-state index in [1.165, 1.54) is 5.56 Å². The molecule has 0 fully saturated rings. The maximum absolute atomic E-state index is 5.73. The fraction of sp³-hybridized carbons (Fsp3) is 0.308. The Morgan fingerprint density at radius 1 is 1.39 bits per heavy atom. The van der Waals surface area contributed by atoms with Gasteiger partial charge in [-0.05, 0) is 46.7 Å². The molecule has 0 spiro atoms. The molecule has 0 aliphatic rings. The molecule has 18 heavy (non-hydrogen) atoms. The summed E-state index contributed by atoms with van der Waals surface area (Å²) in [4.78, 5) is 0. The fourth-order valence-corrected chi connectivity index (χ4v) is 2.21. The van der Waals surface area contributed by atoms with E-state index in [0.717, 1.165) is 22.5 Å². The third-order valence-electron chi connectivity index (χ3n) is 2.52. The van der Waals surface area contributed by atoms with Gasteiger partial charge in [0.15, 0.2) is 0 Å². The maximum atomic E-state index is 5.73. The molecule has 0 bridgehead atoms. The van der Waals surface area contributed by atoms with Crippen molar-refractivity contribution in [3.05, 3.63) is 46.2 Å². The van der Waals surface area contributed by atoms with E-state index in [2.05, 4.69) is 38.5 Å². The Kier molecular flexibility index (Phi) is 4.38. The van der Waals surface area contributed by atoms with Crippen LogP contribution in [0.4, 0.5) is 0 Å². The number of rotatable bonds is 5. The van der Waals surface area contributed by atoms with Crippen molar-refractivity contribution in [1.82, 2.24) is 15.1 Å². The molecule has 1 aromatic heterocycles. The van der Waals surface area contributed by atoms with E-state index in [-0.39, 0.29) is 0 Å². The molecule has 0 amide bonds. The zero-order chi connectivity index (χ0) is 13.0. The van der Waals surface area contributed by atoms with E-state index in [1.54, 1.807) is 4.68 Å². The first kappa shape index (κ1) is 13.1. The molecule has 4 nitrogen and oxygen atoms in total. The van der Waals surface area contributed by atoms with Crippen LogP contribution in [-0.4, -0.2) is 16.8 Å². The summed E-state index contributed by atoms with van der Waals surface area (Å²) in [6, 6.07) is 8.03. The predicted molar refractivity (Wildman–Crippen MR) is 74.4 cm³/mol. The summed E-state index contributed by atoms with van der Waals surface area (Å²) in [5, 5.41) is 7.39. The second-order valence-corrected chi connectivity index (χ2v) is 4.92. The molecule has 0 atom stereocenters. The minimum absolute atomic E-state index is 0.477. The molecule has 1 aromatic carbocycles. The van der Waals surface area contributed by atoms with E-state index < -0.39 is 0 Å². The highest BCUT2D eigenvalue weighted by Crippen LogP contribution is 2.26. The highest BCUT2D eigenvalue weighted by molar-refractivity contribution is 9.10. The van der Waals surface area contributed by atoms with Crippen LogP contribution >= 0.6 is 15.9 Å². The standard InChI is InChI=1S/C13H16BrN3O/c1-15-8-10-3-4-13(12(14)7-10)18-9-11-5-6-17(2)16-11/h3-7,15H,8-9H2,1-2H3. The zero-order valence-electron chi connectivity index (χ0n) is 10.5. The lowest BCUT2D eigenvalue weighted by Crippen LogP contribution is -2.05. The molecule has 2 aromatic rings. The van der Waals surface area contributed by atoms with Gasteiger partial charge in [-0.25, -0.2) is 0 Å². The van der Waals surface area contributed by atoms with Crippen molar-refractivity contribution in [2.45, 2.75) is 13.2 Å². The SMILES string of the molecule is CNCc1ccc(OCc2ccn(C)n2)c(Br)c1. The van der Waals surface area contributed by atoms with Gasteiger partial charge in [-0.3, -0.25) is 4.68 Å². The topological polar surface area (TPSA) is 39.1 Å². The number of ether oxygens (including phenoxy) is 1. The Balaban J connectivity index is 2.01. The molecular formula is C13H16BrN3O. The van der Waals surface area contributed by atoms with Gasteiger partial charge in [0.05, 0.1) is 10.2 Å². The van der Waals surface area contributed by atoms with Crippen LogP contribution in [0.1, 0.15) is 11.3 Å². The molecule has 0 unspecified atom stereocenters. The van der Waals surface area contributed by atoms with Crippen LogP contribution in [0, 0.1) is 0 Å². The average molecular weight is 310 g/mol. The van der Waals surface area contributed by atoms with Crippen molar-refractivity contribution >= 4 is 15.9 Å². The Morgan fingerprint density at radius 3 is 2.83 bits per heavy atom. The summed E-state index contributed by atoms with van der Waals surface area (Å²) in [6.07, 6.45) is 1.91. The first-order valence-corrected chi connectivity index (χ1v) is 6.52. The fourth-order valence-electron chi connectivity index (χ4n) is 1.67. The molecule has 1 N–H and O–H groups in total. The number of aryl methyl sites for hydroxylation is 1. The molecule has 0 radical (unpaired) electrons. The van der Waals surface area contributed by atoms with Crippen LogP contribution in [0.15, 0.2) is 34.9 Å². The Morgan fingerprint density at radius 2 is 2.22 bits per heavy atom. The van der Waals surface area contributed by atoms with Gasteiger partial charge in [-0.15, -0.1) is 0 Å². The van der Waals surface area contributed by atoms with Crippen LogP contribution in [-0.2, 0) is 20.2 Å². The molecular weight excluding hydrogens is 294 g/mol. The number of hydrogen-bond acceptors (Lipinski definition) is 3. The molecule has 0 saturated carbocycles. The van der Waals surface area contributed by atoms with Gasteiger partial charge < -0.3 is 10.1 Å². The Hall–Kier alpha value is -1.33. The van der Waals surface area contributed by atoms with Crippen molar-refractivity contribution in [2.24, 2.45) is 7.05 Å². The average Bonchev–Trinajstić information content (AvgIpc) is 2.74. The van der Waals surface area contributed by atoms with Gasteiger partial charge in [0.25, 0.3) is 0 Å². The summed E-state index contributed by atoms with van der Waals surface area (Å²) in [5.74, 6) is 0.834. The van der Waals surface area contributed by atoms with Crippen LogP contribution in [0.2, 0.25) is 0 Å². The molecule has 0 aliphatic carbocycles. The number of nitrogens with zero attached hydrogens (tertiary/aromatic N) is 2.